The Morgan fingerprint density at radius 2 is 1.94 bits per heavy atom. The van der Waals surface area contributed by atoms with Gasteiger partial charge in [-0.3, -0.25) is 4.90 Å². The molecule has 1 aromatic carbocycles. The first-order chi connectivity index (χ1) is 8.58. The maximum absolute atomic E-state index is 6.14. The topological polar surface area (TPSA) is 47.7 Å². The molecule has 0 spiro atoms. The van der Waals surface area contributed by atoms with Gasteiger partial charge < -0.3 is 15.2 Å². The van der Waals surface area contributed by atoms with Crippen LogP contribution in [0.2, 0.25) is 0 Å². The number of hydrogen-bond donors (Lipinski definition) is 1. The van der Waals surface area contributed by atoms with Crippen LogP contribution in [0, 0.1) is 0 Å². The van der Waals surface area contributed by atoms with Crippen LogP contribution in [0.5, 0.6) is 11.5 Å². The molecule has 1 aromatic rings. The van der Waals surface area contributed by atoms with Crippen LogP contribution < -0.4 is 15.2 Å². The average molecular weight is 250 g/mol. The first-order valence-electron chi connectivity index (χ1n) is 6.34. The van der Waals surface area contributed by atoms with E-state index in [1.807, 2.05) is 6.07 Å². The predicted octanol–water partition coefficient (Wildman–Crippen LogP) is 2.05. The maximum atomic E-state index is 6.14. The highest BCUT2D eigenvalue weighted by molar-refractivity contribution is 5.64. The van der Waals surface area contributed by atoms with Gasteiger partial charge in [0.05, 0.1) is 14.2 Å². The Bertz CT molecular complexity index is 444. The SMILES string of the molecule is COc1cc(N)c2c(c1OC)CCN(C(C)C)C2. The van der Waals surface area contributed by atoms with Crippen molar-refractivity contribution in [3.8, 4) is 11.5 Å². The van der Waals surface area contributed by atoms with Crippen molar-refractivity contribution in [3.05, 3.63) is 17.2 Å². The minimum atomic E-state index is 0.533. The number of rotatable bonds is 3. The second-order valence-electron chi connectivity index (χ2n) is 4.97. The molecule has 0 unspecified atom stereocenters. The zero-order valence-electron chi connectivity index (χ0n) is 11.6. The summed E-state index contributed by atoms with van der Waals surface area (Å²) in [6.07, 6.45) is 0.956. The number of methoxy groups -OCH3 is 2. The van der Waals surface area contributed by atoms with Crippen LogP contribution in [-0.4, -0.2) is 31.7 Å². The highest BCUT2D eigenvalue weighted by atomic mass is 16.5. The van der Waals surface area contributed by atoms with E-state index >= 15 is 0 Å². The van der Waals surface area contributed by atoms with Crippen LogP contribution >= 0.6 is 0 Å². The lowest BCUT2D eigenvalue weighted by Crippen LogP contribution is -2.36. The summed E-state index contributed by atoms with van der Waals surface area (Å²) < 4.78 is 10.8. The van der Waals surface area contributed by atoms with E-state index in [2.05, 4.69) is 18.7 Å². The molecule has 0 saturated heterocycles. The van der Waals surface area contributed by atoms with Crippen molar-refractivity contribution in [1.29, 1.82) is 0 Å². The third-order valence-electron chi connectivity index (χ3n) is 3.66. The van der Waals surface area contributed by atoms with Crippen molar-refractivity contribution >= 4 is 5.69 Å². The standard InChI is InChI=1S/C14H22N2O2/c1-9(2)16-6-5-10-11(8-16)12(15)7-13(17-3)14(10)18-4/h7,9H,5-6,8,15H2,1-4H3. The third-order valence-corrected chi connectivity index (χ3v) is 3.66. The van der Waals surface area contributed by atoms with E-state index in [4.69, 9.17) is 15.2 Å². The van der Waals surface area contributed by atoms with Gasteiger partial charge in [0.2, 0.25) is 0 Å². The Kier molecular flexibility index (Phi) is 3.66. The molecule has 0 atom stereocenters. The predicted molar refractivity (Wildman–Crippen MR) is 73.2 cm³/mol. The van der Waals surface area contributed by atoms with Gasteiger partial charge in [0.1, 0.15) is 0 Å². The number of benzene rings is 1. The summed E-state index contributed by atoms with van der Waals surface area (Å²) in [6, 6.07) is 2.40. The quantitative estimate of drug-likeness (QED) is 0.834. The van der Waals surface area contributed by atoms with Crippen LogP contribution in [0.15, 0.2) is 6.07 Å². The molecule has 100 valence electrons. The first-order valence-corrected chi connectivity index (χ1v) is 6.34. The summed E-state index contributed by atoms with van der Waals surface area (Å²) in [5, 5.41) is 0. The molecule has 18 heavy (non-hydrogen) atoms. The van der Waals surface area contributed by atoms with E-state index in [1.165, 1.54) is 11.1 Å². The fourth-order valence-electron chi connectivity index (χ4n) is 2.56. The van der Waals surface area contributed by atoms with E-state index < -0.39 is 0 Å². The molecular weight excluding hydrogens is 228 g/mol. The molecule has 0 radical (unpaired) electrons. The molecule has 1 aliphatic heterocycles. The third kappa shape index (κ3) is 2.12. The Morgan fingerprint density at radius 1 is 1.22 bits per heavy atom. The molecule has 0 bridgehead atoms. The van der Waals surface area contributed by atoms with E-state index in [9.17, 15) is 0 Å². The summed E-state index contributed by atoms with van der Waals surface area (Å²) in [4.78, 5) is 2.42. The van der Waals surface area contributed by atoms with Gasteiger partial charge in [0.15, 0.2) is 11.5 Å². The highest BCUT2D eigenvalue weighted by Crippen LogP contribution is 2.40. The lowest BCUT2D eigenvalue weighted by molar-refractivity contribution is 0.201. The van der Waals surface area contributed by atoms with Crippen molar-refractivity contribution < 1.29 is 9.47 Å². The van der Waals surface area contributed by atoms with Gasteiger partial charge in [-0.1, -0.05) is 0 Å². The number of hydrogen-bond acceptors (Lipinski definition) is 4. The molecular formula is C14H22N2O2. The maximum Gasteiger partial charge on any atom is 0.164 e. The molecule has 4 heteroatoms. The lowest BCUT2D eigenvalue weighted by Gasteiger charge is -2.33. The molecule has 2 N–H and O–H groups in total. The number of nitrogens with zero attached hydrogens (tertiary/aromatic N) is 1. The lowest BCUT2D eigenvalue weighted by atomic mass is 9.95. The summed E-state index contributed by atoms with van der Waals surface area (Å²) in [7, 11) is 3.33. The second-order valence-corrected chi connectivity index (χ2v) is 4.97. The van der Waals surface area contributed by atoms with Crippen molar-refractivity contribution in [2.24, 2.45) is 0 Å². The van der Waals surface area contributed by atoms with Gasteiger partial charge in [-0.05, 0) is 25.8 Å². The number of ether oxygens (including phenoxy) is 2. The molecule has 1 heterocycles. The monoisotopic (exact) mass is 250 g/mol. The van der Waals surface area contributed by atoms with Crippen molar-refractivity contribution in [3.63, 3.8) is 0 Å². The van der Waals surface area contributed by atoms with Crippen LogP contribution in [0.1, 0.15) is 25.0 Å². The molecule has 1 aliphatic rings. The van der Waals surface area contributed by atoms with Crippen LogP contribution in [0.3, 0.4) is 0 Å². The van der Waals surface area contributed by atoms with E-state index in [-0.39, 0.29) is 0 Å². The van der Waals surface area contributed by atoms with E-state index in [1.54, 1.807) is 14.2 Å². The van der Waals surface area contributed by atoms with Crippen molar-refractivity contribution in [2.45, 2.75) is 32.9 Å². The Balaban J connectivity index is 2.46. The summed E-state index contributed by atoms with van der Waals surface area (Å²) in [5.74, 6) is 1.57. The molecule has 0 aliphatic carbocycles. The van der Waals surface area contributed by atoms with Gasteiger partial charge in [-0.25, -0.2) is 0 Å². The number of nitrogens with two attached hydrogens (primary N) is 1. The second kappa shape index (κ2) is 5.06. The number of fused-ring (bicyclic) bond motifs is 1. The number of nitrogen functional groups attached to an aromatic ring is 1. The van der Waals surface area contributed by atoms with Gasteiger partial charge in [0, 0.05) is 36.4 Å². The summed E-state index contributed by atoms with van der Waals surface area (Å²) >= 11 is 0. The van der Waals surface area contributed by atoms with Crippen LogP contribution in [-0.2, 0) is 13.0 Å². The van der Waals surface area contributed by atoms with Gasteiger partial charge in [0.25, 0.3) is 0 Å². The van der Waals surface area contributed by atoms with Crippen molar-refractivity contribution in [2.75, 3.05) is 26.5 Å². The average Bonchev–Trinajstić information content (AvgIpc) is 2.38. The summed E-state index contributed by atoms with van der Waals surface area (Å²) in [6.45, 7) is 6.34. The molecule has 2 rings (SSSR count). The number of anilines is 1. The van der Waals surface area contributed by atoms with Crippen LogP contribution in [0.25, 0.3) is 0 Å². The van der Waals surface area contributed by atoms with Crippen LogP contribution in [0.4, 0.5) is 5.69 Å². The zero-order valence-corrected chi connectivity index (χ0v) is 11.6. The molecule has 0 amide bonds. The molecule has 0 fully saturated rings. The normalized spacial score (nSPS) is 15.6. The summed E-state index contributed by atoms with van der Waals surface area (Å²) in [5.41, 5.74) is 9.33. The Morgan fingerprint density at radius 3 is 2.50 bits per heavy atom. The highest BCUT2D eigenvalue weighted by Gasteiger charge is 2.25. The van der Waals surface area contributed by atoms with Gasteiger partial charge in [-0.2, -0.15) is 0 Å². The largest absolute Gasteiger partial charge is 0.493 e. The minimum absolute atomic E-state index is 0.533. The minimum Gasteiger partial charge on any atom is -0.493 e. The molecule has 0 saturated carbocycles. The van der Waals surface area contributed by atoms with Gasteiger partial charge >= 0.3 is 0 Å². The van der Waals surface area contributed by atoms with Gasteiger partial charge in [-0.15, -0.1) is 0 Å². The molecule has 4 nitrogen and oxygen atoms in total. The fraction of sp³-hybridized carbons (Fsp3) is 0.571. The van der Waals surface area contributed by atoms with Crippen molar-refractivity contribution in [1.82, 2.24) is 4.90 Å². The Hall–Kier alpha value is -1.42. The van der Waals surface area contributed by atoms with E-state index in [0.29, 0.717) is 6.04 Å². The fourth-order valence-corrected chi connectivity index (χ4v) is 2.56. The molecule has 0 aromatic heterocycles. The van der Waals surface area contributed by atoms with E-state index in [0.717, 1.165) is 36.7 Å². The Labute approximate surface area is 109 Å². The first kappa shape index (κ1) is 13.0. The smallest absolute Gasteiger partial charge is 0.164 e. The zero-order chi connectivity index (χ0) is 13.3.